The Labute approximate surface area is 166 Å². The summed E-state index contributed by atoms with van der Waals surface area (Å²) in [5, 5.41) is 22.2. The van der Waals surface area contributed by atoms with Crippen LogP contribution in [0, 0.1) is 17.3 Å². The van der Waals surface area contributed by atoms with Crippen LogP contribution in [-0.2, 0) is 10.8 Å². The number of rotatable bonds is 7. The predicted molar refractivity (Wildman–Crippen MR) is 114 cm³/mol. The molecule has 0 aliphatic heterocycles. The molecule has 3 aliphatic rings. The van der Waals surface area contributed by atoms with Crippen molar-refractivity contribution in [3.63, 3.8) is 0 Å². The van der Waals surface area contributed by atoms with Crippen LogP contribution in [0.1, 0.15) is 104 Å². The van der Waals surface area contributed by atoms with E-state index in [1.54, 1.807) is 0 Å². The lowest BCUT2D eigenvalue weighted by Crippen LogP contribution is -2.64. The zero-order valence-electron chi connectivity index (χ0n) is 18.4. The zero-order valence-corrected chi connectivity index (χ0v) is 18.4. The van der Waals surface area contributed by atoms with Crippen molar-refractivity contribution < 1.29 is 10.2 Å². The van der Waals surface area contributed by atoms with Gasteiger partial charge in [0.25, 0.3) is 0 Å². The van der Waals surface area contributed by atoms with Crippen molar-refractivity contribution in [2.75, 3.05) is 0 Å². The number of fused-ring (bicyclic) bond motifs is 2. The summed E-state index contributed by atoms with van der Waals surface area (Å²) in [6.07, 6.45) is 9.63. The molecule has 0 heterocycles. The summed E-state index contributed by atoms with van der Waals surface area (Å²) in [6.45, 7) is 13.7. The molecule has 3 fully saturated rings. The lowest BCUT2D eigenvalue weighted by molar-refractivity contribution is -0.135. The van der Waals surface area contributed by atoms with E-state index in [-0.39, 0.29) is 16.2 Å². The van der Waals surface area contributed by atoms with E-state index in [4.69, 9.17) is 0 Å². The van der Waals surface area contributed by atoms with Gasteiger partial charge in [0.15, 0.2) is 0 Å². The van der Waals surface area contributed by atoms with Crippen molar-refractivity contribution in [3.05, 3.63) is 23.3 Å². The van der Waals surface area contributed by atoms with E-state index in [1.165, 1.54) is 38.5 Å². The Morgan fingerprint density at radius 3 is 2.19 bits per heavy atom. The molecule has 152 valence electrons. The molecule has 0 radical (unpaired) electrons. The molecule has 2 heteroatoms. The van der Waals surface area contributed by atoms with Crippen molar-refractivity contribution in [3.8, 4) is 11.5 Å². The molecule has 0 amide bonds. The van der Waals surface area contributed by atoms with Gasteiger partial charge in [-0.05, 0) is 66.0 Å². The monoisotopic (exact) mass is 372 g/mol. The molecule has 4 rings (SSSR count). The van der Waals surface area contributed by atoms with Gasteiger partial charge < -0.3 is 10.2 Å². The summed E-state index contributed by atoms with van der Waals surface area (Å²) < 4.78 is 0. The van der Waals surface area contributed by atoms with E-state index in [1.807, 2.05) is 12.1 Å². The van der Waals surface area contributed by atoms with Crippen LogP contribution in [0.25, 0.3) is 0 Å². The van der Waals surface area contributed by atoms with Crippen LogP contribution in [0.3, 0.4) is 0 Å². The van der Waals surface area contributed by atoms with Crippen molar-refractivity contribution in [2.24, 2.45) is 17.3 Å². The predicted octanol–water partition coefficient (Wildman–Crippen LogP) is 7.06. The first-order valence-electron chi connectivity index (χ1n) is 11.1. The van der Waals surface area contributed by atoms with Crippen LogP contribution < -0.4 is 0 Å². The normalized spacial score (nSPS) is 29.4. The molecule has 2 nitrogen and oxygen atoms in total. The minimum atomic E-state index is -0.0894. The van der Waals surface area contributed by atoms with E-state index < -0.39 is 0 Å². The lowest BCUT2D eigenvalue weighted by atomic mass is 9.35. The molecule has 3 saturated carbocycles. The topological polar surface area (TPSA) is 40.5 Å². The van der Waals surface area contributed by atoms with Gasteiger partial charge in [-0.2, -0.15) is 0 Å². The Morgan fingerprint density at radius 2 is 1.67 bits per heavy atom. The standard InChI is InChI=1S/C25H40O2/c1-7-8-9-10-13-23(3,4)19-14-20(26)22(21(27)15-19)25-16-18(24(25,5)6)12-11-17(25)2/h14-15,17-18,26-27H,7-13,16H2,1-6H3. The third-order valence-electron chi connectivity index (χ3n) is 8.51. The summed E-state index contributed by atoms with van der Waals surface area (Å²) in [5.74, 6) is 1.82. The number of phenols is 2. The summed E-state index contributed by atoms with van der Waals surface area (Å²) in [6, 6.07) is 3.91. The van der Waals surface area contributed by atoms with Crippen molar-refractivity contribution >= 4 is 0 Å². The van der Waals surface area contributed by atoms with Gasteiger partial charge >= 0.3 is 0 Å². The largest absolute Gasteiger partial charge is 0.507 e. The van der Waals surface area contributed by atoms with Gasteiger partial charge in [-0.1, -0.05) is 67.2 Å². The molecule has 3 atom stereocenters. The van der Waals surface area contributed by atoms with Gasteiger partial charge in [0.05, 0.1) is 0 Å². The maximum atomic E-state index is 11.1. The smallest absolute Gasteiger partial charge is 0.123 e. The Morgan fingerprint density at radius 1 is 1.04 bits per heavy atom. The third-order valence-corrected chi connectivity index (χ3v) is 8.51. The number of hydrogen-bond acceptors (Lipinski definition) is 2. The third kappa shape index (κ3) is 3.08. The summed E-state index contributed by atoms with van der Waals surface area (Å²) >= 11 is 0. The second kappa shape index (κ2) is 7.01. The molecule has 0 saturated heterocycles. The minimum absolute atomic E-state index is 0.0330. The lowest BCUT2D eigenvalue weighted by Gasteiger charge is -2.69. The highest BCUT2D eigenvalue weighted by molar-refractivity contribution is 5.55. The molecule has 2 bridgehead atoms. The SMILES string of the molecule is CCCCCCC(C)(C)c1cc(O)c(C23CC(CCC2C)C3(C)C)c(O)c1. The molecule has 3 aliphatic carbocycles. The first kappa shape index (κ1) is 20.6. The summed E-state index contributed by atoms with van der Waals surface area (Å²) in [5.41, 5.74) is 1.90. The van der Waals surface area contributed by atoms with Gasteiger partial charge in [0.1, 0.15) is 11.5 Å². The maximum absolute atomic E-state index is 11.1. The molecule has 2 N–H and O–H groups in total. The Balaban J connectivity index is 1.92. The van der Waals surface area contributed by atoms with Gasteiger partial charge in [0.2, 0.25) is 0 Å². The molecule has 1 aromatic rings. The van der Waals surface area contributed by atoms with Crippen LogP contribution >= 0.6 is 0 Å². The Kier molecular flexibility index (Phi) is 5.34. The van der Waals surface area contributed by atoms with E-state index in [0.717, 1.165) is 24.0 Å². The summed E-state index contributed by atoms with van der Waals surface area (Å²) in [4.78, 5) is 0. The minimum Gasteiger partial charge on any atom is -0.507 e. The molecule has 1 aromatic carbocycles. The van der Waals surface area contributed by atoms with Gasteiger partial charge in [-0.3, -0.25) is 0 Å². The van der Waals surface area contributed by atoms with Crippen LogP contribution in [-0.4, -0.2) is 10.2 Å². The molecule has 0 aromatic heterocycles. The second-order valence-electron chi connectivity index (χ2n) is 10.7. The average Bonchev–Trinajstić information content (AvgIpc) is 2.59. The molecule has 0 spiro atoms. The molecule has 3 unspecified atom stereocenters. The van der Waals surface area contributed by atoms with Crippen molar-refractivity contribution in [2.45, 2.75) is 104 Å². The first-order valence-corrected chi connectivity index (χ1v) is 11.1. The fourth-order valence-corrected chi connectivity index (χ4v) is 6.41. The highest BCUT2D eigenvalue weighted by atomic mass is 16.3. The zero-order chi connectivity index (χ0) is 20.0. The van der Waals surface area contributed by atoms with E-state index in [2.05, 4.69) is 41.5 Å². The van der Waals surface area contributed by atoms with Crippen LogP contribution in [0.15, 0.2) is 12.1 Å². The molecular formula is C25H40O2. The highest BCUT2D eigenvalue weighted by Crippen LogP contribution is 2.72. The molecule has 27 heavy (non-hydrogen) atoms. The van der Waals surface area contributed by atoms with Crippen LogP contribution in [0.5, 0.6) is 11.5 Å². The van der Waals surface area contributed by atoms with Gasteiger partial charge in [-0.25, -0.2) is 0 Å². The van der Waals surface area contributed by atoms with Crippen LogP contribution in [0.2, 0.25) is 0 Å². The van der Waals surface area contributed by atoms with Gasteiger partial charge in [0, 0.05) is 11.0 Å². The fourth-order valence-electron chi connectivity index (χ4n) is 6.41. The fraction of sp³-hybridized carbons (Fsp3) is 0.760. The van der Waals surface area contributed by atoms with Crippen LogP contribution in [0.4, 0.5) is 0 Å². The summed E-state index contributed by atoms with van der Waals surface area (Å²) in [7, 11) is 0. The average molecular weight is 373 g/mol. The number of phenolic OH excluding ortho intramolecular Hbond substituents is 2. The number of hydrogen-bond donors (Lipinski definition) is 2. The van der Waals surface area contributed by atoms with Crippen molar-refractivity contribution in [1.82, 2.24) is 0 Å². The van der Waals surface area contributed by atoms with E-state index in [0.29, 0.717) is 23.3 Å². The number of unbranched alkanes of at least 4 members (excludes halogenated alkanes) is 3. The van der Waals surface area contributed by atoms with E-state index in [9.17, 15) is 10.2 Å². The second-order valence-corrected chi connectivity index (χ2v) is 10.7. The van der Waals surface area contributed by atoms with Crippen molar-refractivity contribution in [1.29, 1.82) is 0 Å². The quantitative estimate of drug-likeness (QED) is 0.503. The highest BCUT2D eigenvalue weighted by Gasteiger charge is 2.66. The Hall–Kier alpha value is -1.18. The number of benzene rings is 1. The molecular weight excluding hydrogens is 332 g/mol. The Bertz CT molecular complexity index is 665. The maximum Gasteiger partial charge on any atom is 0.123 e. The van der Waals surface area contributed by atoms with Gasteiger partial charge in [-0.15, -0.1) is 0 Å². The van der Waals surface area contributed by atoms with E-state index >= 15 is 0 Å². The number of aromatic hydroxyl groups is 2. The first-order chi connectivity index (χ1) is 12.6.